The number of hydrogen-bond acceptors (Lipinski definition) is 4. The van der Waals surface area contributed by atoms with Crippen LogP contribution in [-0.2, 0) is 0 Å². The molecule has 44 valence electrons. The summed E-state index contributed by atoms with van der Waals surface area (Å²) in [4.78, 5) is 3.74. The van der Waals surface area contributed by atoms with Gasteiger partial charge in [0.15, 0.2) is 5.50 Å². The SMILES string of the molecule is ON1C=CC=NC1S. The second kappa shape index (κ2) is 2.19. The van der Waals surface area contributed by atoms with Gasteiger partial charge in [-0.15, -0.1) is 12.6 Å². The van der Waals surface area contributed by atoms with Crippen LogP contribution in [0.1, 0.15) is 0 Å². The number of hydrogen-bond donors (Lipinski definition) is 2. The van der Waals surface area contributed by atoms with Crippen LogP contribution in [0.4, 0.5) is 0 Å². The molecule has 1 rings (SSSR count). The van der Waals surface area contributed by atoms with Crippen molar-refractivity contribution in [1.82, 2.24) is 5.06 Å². The lowest BCUT2D eigenvalue weighted by Crippen LogP contribution is -2.22. The molecule has 1 unspecified atom stereocenters. The van der Waals surface area contributed by atoms with Crippen molar-refractivity contribution >= 4 is 18.8 Å². The first kappa shape index (κ1) is 5.65. The van der Waals surface area contributed by atoms with Gasteiger partial charge in [-0.1, -0.05) is 0 Å². The molecule has 0 aromatic carbocycles. The fourth-order valence-corrected chi connectivity index (χ4v) is 0.553. The monoisotopic (exact) mass is 130 g/mol. The molecule has 0 saturated carbocycles. The summed E-state index contributed by atoms with van der Waals surface area (Å²) in [6, 6.07) is 0. The Bertz CT molecular complexity index is 118. The zero-order valence-electron chi connectivity index (χ0n) is 4.10. The Labute approximate surface area is 52.7 Å². The summed E-state index contributed by atoms with van der Waals surface area (Å²) < 4.78 is 0. The summed E-state index contributed by atoms with van der Waals surface area (Å²) >= 11 is 3.88. The van der Waals surface area contributed by atoms with E-state index in [0.717, 1.165) is 5.06 Å². The third-order valence-corrected chi connectivity index (χ3v) is 1.15. The minimum Gasteiger partial charge on any atom is -0.286 e. The lowest BCUT2D eigenvalue weighted by atomic mass is 10.6. The second-order valence-electron chi connectivity index (χ2n) is 1.37. The largest absolute Gasteiger partial charge is 0.286 e. The zero-order chi connectivity index (χ0) is 5.98. The molecule has 4 heteroatoms. The first-order valence-corrected chi connectivity index (χ1v) is 2.67. The minimum atomic E-state index is -0.431. The summed E-state index contributed by atoms with van der Waals surface area (Å²) in [6.07, 6.45) is 4.71. The zero-order valence-corrected chi connectivity index (χ0v) is 4.99. The number of rotatable bonds is 0. The van der Waals surface area contributed by atoms with E-state index in [9.17, 15) is 0 Å². The quantitative estimate of drug-likeness (QED) is 0.468. The predicted molar refractivity (Wildman–Crippen MR) is 34.0 cm³/mol. The van der Waals surface area contributed by atoms with Crippen molar-refractivity contribution in [2.45, 2.75) is 5.50 Å². The molecule has 0 aromatic heterocycles. The fourth-order valence-electron chi connectivity index (χ4n) is 0.399. The van der Waals surface area contributed by atoms with E-state index in [2.05, 4.69) is 17.6 Å². The van der Waals surface area contributed by atoms with Crippen LogP contribution in [0, 0.1) is 0 Å². The van der Waals surface area contributed by atoms with Crippen molar-refractivity contribution < 1.29 is 5.21 Å². The molecule has 0 fully saturated rings. The molecule has 3 nitrogen and oxygen atoms in total. The van der Waals surface area contributed by atoms with Crippen LogP contribution in [0.5, 0.6) is 0 Å². The highest BCUT2D eigenvalue weighted by atomic mass is 32.1. The van der Waals surface area contributed by atoms with E-state index in [1.54, 1.807) is 12.3 Å². The van der Waals surface area contributed by atoms with Crippen molar-refractivity contribution in [3.8, 4) is 0 Å². The molecular formula is C4H6N2OS. The van der Waals surface area contributed by atoms with Gasteiger partial charge in [-0.3, -0.25) is 10.2 Å². The molecule has 0 amide bonds. The van der Waals surface area contributed by atoms with Crippen LogP contribution in [0.25, 0.3) is 0 Å². The third kappa shape index (κ3) is 1.02. The fraction of sp³-hybridized carbons (Fsp3) is 0.250. The Morgan fingerprint density at radius 3 is 2.88 bits per heavy atom. The topological polar surface area (TPSA) is 35.8 Å². The number of nitrogens with zero attached hydrogens (tertiary/aromatic N) is 2. The highest BCUT2D eigenvalue weighted by molar-refractivity contribution is 7.80. The van der Waals surface area contributed by atoms with Gasteiger partial charge in [0.2, 0.25) is 0 Å². The highest BCUT2D eigenvalue weighted by Gasteiger charge is 2.05. The normalized spacial score (nSPS) is 26.8. The van der Waals surface area contributed by atoms with Gasteiger partial charge in [-0.05, 0) is 6.08 Å². The van der Waals surface area contributed by atoms with Crippen LogP contribution < -0.4 is 0 Å². The summed E-state index contributed by atoms with van der Waals surface area (Å²) in [5, 5.41) is 9.65. The van der Waals surface area contributed by atoms with Crippen molar-refractivity contribution in [2.75, 3.05) is 0 Å². The number of aliphatic imine (C=N–C) groups is 1. The van der Waals surface area contributed by atoms with E-state index < -0.39 is 5.50 Å². The molecule has 1 N–H and O–H groups in total. The molecule has 0 radical (unpaired) electrons. The van der Waals surface area contributed by atoms with Gasteiger partial charge in [0.1, 0.15) is 0 Å². The molecule has 0 spiro atoms. The van der Waals surface area contributed by atoms with E-state index in [-0.39, 0.29) is 0 Å². The molecule has 1 aliphatic rings. The van der Waals surface area contributed by atoms with E-state index in [1.807, 2.05) is 0 Å². The standard InChI is InChI=1S/C4H6N2OS/c7-6-3-1-2-5-4(6)8/h1-4,7-8H. The molecule has 8 heavy (non-hydrogen) atoms. The molecule has 0 saturated heterocycles. The average molecular weight is 130 g/mol. The van der Waals surface area contributed by atoms with Crippen molar-refractivity contribution in [3.05, 3.63) is 12.3 Å². The van der Waals surface area contributed by atoms with Crippen molar-refractivity contribution in [1.29, 1.82) is 0 Å². The average Bonchev–Trinajstić information content (AvgIpc) is 1.77. The van der Waals surface area contributed by atoms with Crippen LogP contribution in [0.3, 0.4) is 0 Å². The van der Waals surface area contributed by atoms with E-state index >= 15 is 0 Å². The molecule has 0 aromatic rings. The van der Waals surface area contributed by atoms with Crippen LogP contribution >= 0.6 is 12.6 Å². The Morgan fingerprint density at radius 1 is 1.75 bits per heavy atom. The minimum absolute atomic E-state index is 0.431. The second-order valence-corrected chi connectivity index (χ2v) is 1.83. The molecular weight excluding hydrogens is 124 g/mol. The molecule has 0 aliphatic carbocycles. The Kier molecular flexibility index (Phi) is 1.55. The molecule has 1 aliphatic heterocycles. The maximum absolute atomic E-state index is 8.73. The molecule has 0 bridgehead atoms. The van der Waals surface area contributed by atoms with Gasteiger partial charge in [0.05, 0.1) is 0 Å². The lowest BCUT2D eigenvalue weighted by molar-refractivity contribution is -0.0494. The number of allylic oxidation sites excluding steroid dienone is 1. The molecule has 1 atom stereocenters. The number of hydroxylamine groups is 2. The Morgan fingerprint density at radius 2 is 2.50 bits per heavy atom. The van der Waals surface area contributed by atoms with Gasteiger partial charge in [-0.25, -0.2) is 5.06 Å². The summed E-state index contributed by atoms with van der Waals surface area (Å²) in [6.45, 7) is 0. The van der Waals surface area contributed by atoms with E-state index in [1.165, 1.54) is 6.20 Å². The van der Waals surface area contributed by atoms with Gasteiger partial charge in [-0.2, -0.15) is 0 Å². The summed E-state index contributed by atoms with van der Waals surface area (Å²) in [7, 11) is 0. The van der Waals surface area contributed by atoms with Crippen molar-refractivity contribution in [3.63, 3.8) is 0 Å². The first-order chi connectivity index (χ1) is 3.80. The Balaban J connectivity index is 2.59. The van der Waals surface area contributed by atoms with Crippen LogP contribution in [-0.4, -0.2) is 22.0 Å². The van der Waals surface area contributed by atoms with Gasteiger partial charge >= 0.3 is 0 Å². The van der Waals surface area contributed by atoms with Gasteiger partial charge < -0.3 is 0 Å². The van der Waals surface area contributed by atoms with E-state index in [4.69, 9.17) is 5.21 Å². The van der Waals surface area contributed by atoms with Gasteiger partial charge in [0.25, 0.3) is 0 Å². The van der Waals surface area contributed by atoms with Crippen LogP contribution in [0.15, 0.2) is 17.3 Å². The van der Waals surface area contributed by atoms with Gasteiger partial charge in [0, 0.05) is 12.4 Å². The predicted octanol–water partition coefficient (Wildman–Crippen LogP) is 0.489. The maximum atomic E-state index is 8.73. The molecule has 1 heterocycles. The smallest absolute Gasteiger partial charge is 0.188 e. The summed E-state index contributed by atoms with van der Waals surface area (Å²) in [5.41, 5.74) is -0.431. The first-order valence-electron chi connectivity index (χ1n) is 2.16. The van der Waals surface area contributed by atoms with Crippen LogP contribution in [0.2, 0.25) is 0 Å². The third-order valence-electron chi connectivity index (χ3n) is 0.781. The highest BCUT2D eigenvalue weighted by Crippen LogP contribution is 2.04. The Hall–Kier alpha value is -0.480. The summed E-state index contributed by atoms with van der Waals surface area (Å²) in [5.74, 6) is 0. The lowest BCUT2D eigenvalue weighted by Gasteiger charge is -2.17. The number of thiol groups is 1. The van der Waals surface area contributed by atoms with Crippen molar-refractivity contribution in [2.24, 2.45) is 4.99 Å². The maximum Gasteiger partial charge on any atom is 0.188 e. The van der Waals surface area contributed by atoms with E-state index in [0.29, 0.717) is 0 Å².